The van der Waals surface area contributed by atoms with Crippen LogP contribution >= 0.6 is 0 Å². The van der Waals surface area contributed by atoms with E-state index in [2.05, 4.69) is 22.4 Å². The van der Waals surface area contributed by atoms with Gasteiger partial charge in [-0.05, 0) is 67.1 Å². The number of hydrazine groups is 1. The molecular formula is C22H24F2N4O. The number of rotatable bonds is 5. The van der Waals surface area contributed by atoms with Crippen LogP contribution in [0.25, 0.3) is 22.2 Å². The molecule has 1 saturated heterocycles. The van der Waals surface area contributed by atoms with Gasteiger partial charge in [-0.25, -0.2) is 13.8 Å². The van der Waals surface area contributed by atoms with E-state index in [0.29, 0.717) is 6.42 Å². The number of aryl methyl sites for hydroxylation is 1. The van der Waals surface area contributed by atoms with Gasteiger partial charge in [-0.1, -0.05) is 0 Å². The fourth-order valence-electron chi connectivity index (χ4n) is 3.73. The maximum absolute atomic E-state index is 13.9. The van der Waals surface area contributed by atoms with Crippen molar-refractivity contribution in [3.05, 3.63) is 59.7 Å². The van der Waals surface area contributed by atoms with Crippen molar-refractivity contribution in [3.63, 3.8) is 0 Å². The zero-order valence-electron chi connectivity index (χ0n) is 16.3. The number of carbonyl (C=O) groups excluding carboxylic acids is 1. The highest BCUT2D eigenvalue weighted by molar-refractivity contribution is 5.91. The summed E-state index contributed by atoms with van der Waals surface area (Å²) in [7, 11) is 2.06. The zero-order chi connectivity index (χ0) is 20.4. The molecule has 0 aliphatic carbocycles. The lowest BCUT2D eigenvalue weighted by Gasteiger charge is -2.32. The molecule has 0 radical (unpaired) electrons. The number of nitrogens with one attached hydrogen (secondary N) is 2. The summed E-state index contributed by atoms with van der Waals surface area (Å²) < 4.78 is 27.2. The van der Waals surface area contributed by atoms with Gasteiger partial charge >= 0.3 is 0 Å². The topological polar surface area (TPSA) is 51.4 Å². The lowest BCUT2D eigenvalue weighted by Crippen LogP contribution is -2.52. The number of benzene rings is 2. The summed E-state index contributed by atoms with van der Waals surface area (Å²) in [5, 5.41) is 2.69. The minimum absolute atomic E-state index is 0.0645. The predicted octanol–water partition coefficient (Wildman–Crippen LogP) is 3.32. The lowest BCUT2D eigenvalue weighted by atomic mass is 10.0. The summed E-state index contributed by atoms with van der Waals surface area (Å²) >= 11 is 0. The van der Waals surface area contributed by atoms with Gasteiger partial charge in [0.1, 0.15) is 11.6 Å². The number of nitrogens with zero attached hydrogens (tertiary/aromatic N) is 2. The molecule has 0 atom stereocenters. The number of halogens is 2. The van der Waals surface area contributed by atoms with Gasteiger partial charge in [0.25, 0.3) is 0 Å². The van der Waals surface area contributed by atoms with Crippen LogP contribution in [0, 0.1) is 11.6 Å². The Morgan fingerprint density at radius 1 is 1.03 bits per heavy atom. The molecule has 2 heterocycles. The van der Waals surface area contributed by atoms with E-state index in [1.165, 1.54) is 24.3 Å². The summed E-state index contributed by atoms with van der Waals surface area (Å²) in [6.07, 6.45) is 0.736. The first-order chi connectivity index (χ1) is 14.0. The number of piperazine rings is 1. The van der Waals surface area contributed by atoms with Gasteiger partial charge in [0, 0.05) is 49.2 Å². The van der Waals surface area contributed by atoms with E-state index < -0.39 is 0 Å². The number of carbonyl (C=O) groups is 1. The Kier molecular flexibility index (Phi) is 5.60. The molecule has 1 fully saturated rings. The fraction of sp³-hybridized carbons (Fsp3) is 0.318. The van der Waals surface area contributed by atoms with Crippen LogP contribution in [-0.4, -0.2) is 54.0 Å². The van der Waals surface area contributed by atoms with Gasteiger partial charge in [-0.3, -0.25) is 10.2 Å². The minimum atomic E-state index is -0.328. The summed E-state index contributed by atoms with van der Waals surface area (Å²) in [5.41, 5.74) is 6.21. The van der Waals surface area contributed by atoms with Gasteiger partial charge in [-0.2, -0.15) is 0 Å². The second-order valence-electron chi connectivity index (χ2n) is 7.50. The predicted molar refractivity (Wildman–Crippen MR) is 109 cm³/mol. The molecule has 0 bridgehead atoms. The number of hydrogen-bond donors (Lipinski definition) is 2. The van der Waals surface area contributed by atoms with Crippen molar-refractivity contribution < 1.29 is 13.6 Å². The Labute approximate surface area is 168 Å². The first-order valence-electron chi connectivity index (χ1n) is 9.78. The van der Waals surface area contributed by atoms with Crippen LogP contribution in [0.15, 0.2) is 42.5 Å². The van der Waals surface area contributed by atoms with E-state index in [0.717, 1.165) is 53.9 Å². The number of aromatic nitrogens is 1. The third-order valence-corrected chi connectivity index (χ3v) is 5.39. The normalized spacial score (nSPS) is 15.7. The summed E-state index contributed by atoms with van der Waals surface area (Å²) in [5.74, 6) is -0.709. The highest BCUT2D eigenvalue weighted by atomic mass is 19.1. The summed E-state index contributed by atoms with van der Waals surface area (Å²) in [6.45, 7) is 3.41. The molecule has 29 heavy (non-hydrogen) atoms. The van der Waals surface area contributed by atoms with E-state index in [1.807, 2.05) is 5.01 Å². The Hall–Kier alpha value is -2.77. The van der Waals surface area contributed by atoms with Crippen molar-refractivity contribution in [2.24, 2.45) is 0 Å². The number of H-pyrrole nitrogens is 1. The molecule has 1 aromatic heterocycles. The molecule has 1 amide bonds. The first-order valence-corrected chi connectivity index (χ1v) is 9.78. The maximum atomic E-state index is 13.9. The Morgan fingerprint density at radius 2 is 1.72 bits per heavy atom. The molecule has 152 valence electrons. The first kappa shape index (κ1) is 19.5. The van der Waals surface area contributed by atoms with Crippen molar-refractivity contribution >= 4 is 16.8 Å². The third kappa shape index (κ3) is 4.46. The van der Waals surface area contributed by atoms with Crippen LogP contribution in [0.2, 0.25) is 0 Å². The molecule has 2 N–H and O–H groups in total. The van der Waals surface area contributed by atoms with Crippen LogP contribution in [-0.2, 0) is 11.2 Å². The largest absolute Gasteiger partial charge is 0.354 e. The van der Waals surface area contributed by atoms with E-state index >= 15 is 0 Å². The average Bonchev–Trinajstić information content (AvgIpc) is 3.06. The molecule has 3 aromatic rings. The van der Waals surface area contributed by atoms with Gasteiger partial charge in [0.15, 0.2) is 0 Å². The fourth-order valence-corrected chi connectivity index (χ4v) is 3.73. The number of aromatic amines is 1. The smallest absolute Gasteiger partial charge is 0.234 e. The molecule has 7 heteroatoms. The Morgan fingerprint density at radius 3 is 2.45 bits per heavy atom. The average molecular weight is 398 g/mol. The van der Waals surface area contributed by atoms with E-state index in [-0.39, 0.29) is 24.0 Å². The zero-order valence-corrected chi connectivity index (χ0v) is 16.3. The van der Waals surface area contributed by atoms with Gasteiger partial charge in [0.05, 0.1) is 0 Å². The SMILES string of the molecule is CN1CCN(NC(=O)CCc2c(-c3ccc(F)cc3)[nH]c3ccc(F)cc23)CC1. The van der Waals surface area contributed by atoms with Crippen molar-refractivity contribution in [2.75, 3.05) is 33.2 Å². The monoisotopic (exact) mass is 398 g/mol. The number of likely N-dealkylation sites (N-methyl/N-ethyl adjacent to an activating group) is 1. The van der Waals surface area contributed by atoms with Crippen LogP contribution in [0.5, 0.6) is 0 Å². The molecule has 5 nitrogen and oxygen atoms in total. The summed E-state index contributed by atoms with van der Waals surface area (Å²) in [4.78, 5) is 18.0. The quantitative estimate of drug-likeness (QED) is 0.693. The van der Waals surface area contributed by atoms with Gasteiger partial charge in [0.2, 0.25) is 5.91 Å². The number of hydrogen-bond acceptors (Lipinski definition) is 3. The van der Waals surface area contributed by atoms with Crippen molar-refractivity contribution in [2.45, 2.75) is 12.8 Å². The third-order valence-electron chi connectivity index (χ3n) is 5.39. The highest BCUT2D eigenvalue weighted by Crippen LogP contribution is 2.32. The highest BCUT2D eigenvalue weighted by Gasteiger charge is 2.18. The molecule has 1 aliphatic heterocycles. The van der Waals surface area contributed by atoms with Crippen LogP contribution < -0.4 is 5.43 Å². The van der Waals surface area contributed by atoms with E-state index in [1.54, 1.807) is 18.2 Å². The number of fused-ring (bicyclic) bond motifs is 1. The standard InChI is InChI=1S/C22H24F2N4O/c1-27-10-12-28(13-11-27)26-21(29)9-7-18-19-14-17(24)6-8-20(19)25-22(18)15-2-4-16(23)5-3-15/h2-6,8,14,25H,7,9-13H2,1H3,(H,26,29). The Bertz CT molecular complexity index is 1010. The second kappa shape index (κ2) is 8.31. The maximum Gasteiger partial charge on any atom is 0.234 e. The summed E-state index contributed by atoms with van der Waals surface area (Å²) in [6, 6.07) is 10.7. The molecule has 0 spiro atoms. The van der Waals surface area contributed by atoms with Crippen LogP contribution in [0.1, 0.15) is 12.0 Å². The van der Waals surface area contributed by atoms with Crippen molar-refractivity contribution in [1.29, 1.82) is 0 Å². The Balaban J connectivity index is 1.55. The molecule has 4 rings (SSSR count). The van der Waals surface area contributed by atoms with Gasteiger partial charge < -0.3 is 9.88 Å². The minimum Gasteiger partial charge on any atom is -0.354 e. The second-order valence-corrected chi connectivity index (χ2v) is 7.50. The molecule has 1 aliphatic rings. The van der Waals surface area contributed by atoms with E-state index in [4.69, 9.17) is 0 Å². The lowest BCUT2D eigenvalue weighted by molar-refractivity contribution is -0.126. The molecule has 0 unspecified atom stereocenters. The molecule has 0 saturated carbocycles. The van der Waals surface area contributed by atoms with Gasteiger partial charge in [-0.15, -0.1) is 0 Å². The molecular weight excluding hydrogens is 374 g/mol. The van der Waals surface area contributed by atoms with Crippen molar-refractivity contribution in [1.82, 2.24) is 20.3 Å². The van der Waals surface area contributed by atoms with Crippen LogP contribution in [0.4, 0.5) is 8.78 Å². The van der Waals surface area contributed by atoms with Crippen molar-refractivity contribution in [3.8, 4) is 11.3 Å². The molecule has 2 aromatic carbocycles. The van der Waals surface area contributed by atoms with E-state index in [9.17, 15) is 13.6 Å². The number of amides is 1. The van der Waals surface area contributed by atoms with Crippen LogP contribution in [0.3, 0.4) is 0 Å².